The van der Waals surface area contributed by atoms with E-state index in [1.54, 1.807) is 0 Å². The Morgan fingerprint density at radius 1 is 1.00 bits per heavy atom. The fraction of sp³-hybridized carbons (Fsp3) is 0.933. The first kappa shape index (κ1) is 12.5. The summed E-state index contributed by atoms with van der Waals surface area (Å²) in [6, 6.07) is 0. The molecule has 3 nitrogen and oxygen atoms in total. The van der Waals surface area contributed by atoms with E-state index in [9.17, 15) is 15.0 Å². The van der Waals surface area contributed by atoms with Crippen LogP contribution in [0.3, 0.4) is 0 Å². The summed E-state index contributed by atoms with van der Waals surface area (Å²) in [6.07, 6.45) is 5.53. The van der Waals surface area contributed by atoms with Crippen molar-refractivity contribution in [2.24, 2.45) is 22.2 Å². The standard InChI is InChI=1S/C15H24O3/c1-10(11(16)17)14-5-12(2)4-13(3,6-14)8-15(18,7-12)9-14/h10,18H,4-9H2,1-3H3,(H,16,17). The Hall–Kier alpha value is -0.570. The number of carboxylic acid groups (broad SMARTS) is 1. The van der Waals surface area contributed by atoms with Crippen molar-refractivity contribution in [3.8, 4) is 0 Å². The molecule has 3 heteroatoms. The van der Waals surface area contributed by atoms with Crippen molar-refractivity contribution in [3.63, 3.8) is 0 Å². The van der Waals surface area contributed by atoms with Gasteiger partial charge in [0, 0.05) is 0 Å². The molecule has 4 fully saturated rings. The lowest BCUT2D eigenvalue weighted by Gasteiger charge is -2.69. The molecule has 3 atom stereocenters. The predicted molar refractivity (Wildman–Crippen MR) is 68.1 cm³/mol. The van der Waals surface area contributed by atoms with Gasteiger partial charge in [-0.2, -0.15) is 0 Å². The summed E-state index contributed by atoms with van der Waals surface area (Å²) < 4.78 is 0. The van der Waals surface area contributed by atoms with Gasteiger partial charge in [0.15, 0.2) is 0 Å². The molecule has 4 bridgehead atoms. The summed E-state index contributed by atoms with van der Waals surface area (Å²) in [5.41, 5.74) is -0.509. The zero-order valence-corrected chi connectivity index (χ0v) is 11.6. The highest BCUT2D eigenvalue weighted by Crippen LogP contribution is 2.72. The molecule has 3 unspecified atom stereocenters. The maximum atomic E-state index is 11.4. The predicted octanol–water partition coefficient (Wildman–Crippen LogP) is 2.82. The van der Waals surface area contributed by atoms with Gasteiger partial charge in [-0.1, -0.05) is 20.8 Å². The Balaban J connectivity index is 2.06. The molecule has 0 aromatic rings. The zero-order chi connectivity index (χ0) is 13.4. The van der Waals surface area contributed by atoms with E-state index in [-0.39, 0.29) is 22.2 Å². The number of aliphatic carboxylic acids is 1. The normalized spacial score (nSPS) is 55.6. The third-order valence-corrected chi connectivity index (χ3v) is 5.89. The minimum Gasteiger partial charge on any atom is -0.481 e. The lowest BCUT2D eigenvalue weighted by molar-refractivity contribution is -0.238. The fourth-order valence-electron chi connectivity index (χ4n) is 6.45. The first-order valence-corrected chi connectivity index (χ1v) is 7.05. The molecular formula is C15H24O3. The molecule has 0 aromatic heterocycles. The average Bonchev–Trinajstić information content (AvgIpc) is 2.07. The van der Waals surface area contributed by atoms with E-state index >= 15 is 0 Å². The zero-order valence-electron chi connectivity index (χ0n) is 11.6. The topological polar surface area (TPSA) is 57.5 Å². The van der Waals surface area contributed by atoms with Crippen LogP contribution in [0.5, 0.6) is 0 Å². The first-order valence-electron chi connectivity index (χ1n) is 7.05. The number of rotatable bonds is 2. The van der Waals surface area contributed by atoms with Gasteiger partial charge in [-0.05, 0) is 54.8 Å². The van der Waals surface area contributed by atoms with Crippen LogP contribution in [0.4, 0.5) is 0 Å². The van der Waals surface area contributed by atoms with Crippen molar-refractivity contribution in [3.05, 3.63) is 0 Å². The van der Waals surface area contributed by atoms with Gasteiger partial charge in [-0.25, -0.2) is 0 Å². The molecule has 0 amide bonds. The average molecular weight is 252 g/mol. The van der Waals surface area contributed by atoms with E-state index in [2.05, 4.69) is 13.8 Å². The Morgan fingerprint density at radius 3 is 1.89 bits per heavy atom. The van der Waals surface area contributed by atoms with Crippen molar-refractivity contribution < 1.29 is 15.0 Å². The molecule has 2 N–H and O–H groups in total. The highest BCUT2D eigenvalue weighted by molar-refractivity contribution is 5.70. The van der Waals surface area contributed by atoms with Crippen molar-refractivity contribution in [2.45, 2.75) is 64.9 Å². The second-order valence-electron chi connectivity index (χ2n) is 8.33. The molecule has 0 spiro atoms. The largest absolute Gasteiger partial charge is 0.481 e. The molecular weight excluding hydrogens is 228 g/mol. The van der Waals surface area contributed by atoms with Crippen LogP contribution in [0, 0.1) is 22.2 Å². The summed E-state index contributed by atoms with van der Waals surface area (Å²) in [4.78, 5) is 11.4. The molecule has 4 aliphatic carbocycles. The monoisotopic (exact) mass is 252 g/mol. The maximum Gasteiger partial charge on any atom is 0.306 e. The molecule has 4 saturated carbocycles. The SMILES string of the molecule is CC(C(=O)O)C12CC3(C)CC(C)(CC(O)(C3)C1)C2. The molecule has 0 heterocycles. The van der Waals surface area contributed by atoms with Crippen LogP contribution in [0.2, 0.25) is 0 Å². The number of hydrogen-bond donors (Lipinski definition) is 2. The lowest BCUT2D eigenvalue weighted by Crippen LogP contribution is -2.64. The number of aliphatic hydroxyl groups is 1. The van der Waals surface area contributed by atoms with Gasteiger partial charge in [0.05, 0.1) is 11.5 Å². The summed E-state index contributed by atoms with van der Waals surface area (Å²) >= 11 is 0. The van der Waals surface area contributed by atoms with Gasteiger partial charge in [0.25, 0.3) is 0 Å². The third-order valence-electron chi connectivity index (χ3n) is 5.89. The van der Waals surface area contributed by atoms with Gasteiger partial charge in [-0.15, -0.1) is 0 Å². The van der Waals surface area contributed by atoms with Crippen molar-refractivity contribution in [2.75, 3.05) is 0 Å². The van der Waals surface area contributed by atoms with Crippen LogP contribution in [0.15, 0.2) is 0 Å². The molecule has 0 radical (unpaired) electrons. The number of carbonyl (C=O) groups is 1. The Labute approximate surface area is 109 Å². The highest BCUT2D eigenvalue weighted by Gasteiger charge is 2.67. The van der Waals surface area contributed by atoms with Crippen LogP contribution >= 0.6 is 0 Å². The van der Waals surface area contributed by atoms with Gasteiger partial charge in [0.2, 0.25) is 0 Å². The van der Waals surface area contributed by atoms with Crippen LogP contribution < -0.4 is 0 Å². The minimum atomic E-state index is -0.701. The van der Waals surface area contributed by atoms with E-state index in [4.69, 9.17) is 0 Å². The van der Waals surface area contributed by atoms with Crippen LogP contribution in [0.1, 0.15) is 59.3 Å². The van der Waals surface area contributed by atoms with Gasteiger partial charge in [0.1, 0.15) is 0 Å². The Morgan fingerprint density at radius 2 is 1.50 bits per heavy atom. The fourth-order valence-corrected chi connectivity index (χ4v) is 6.45. The van der Waals surface area contributed by atoms with E-state index in [1.807, 2.05) is 6.92 Å². The smallest absolute Gasteiger partial charge is 0.306 e. The third kappa shape index (κ3) is 1.56. The summed E-state index contributed by atoms with van der Waals surface area (Å²) in [5, 5.41) is 20.2. The highest BCUT2D eigenvalue weighted by atomic mass is 16.4. The maximum absolute atomic E-state index is 11.4. The van der Waals surface area contributed by atoms with Crippen molar-refractivity contribution in [1.29, 1.82) is 0 Å². The van der Waals surface area contributed by atoms with Gasteiger partial charge >= 0.3 is 5.97 Å². The molecule has 0 aromatic carbocycles. The summed E-state index contributed by atoms with van der Waals surface area (Å²) in [5.74, 6) is -1.05. The van der Waals surface area contributed by atoms with Gasteiger partial charge < -0.3 is 10.2 Å². The molecule has 4 aliphatic rings. The molecule has 0 saturated heterocycles. The molecule has 102 valence electrons. The van der Waals surface area contributed by atoms with Crippen LogP contribution in [-0.2, 0) is 4.79 Å². The summed E-state index contributed by atoms with van der Waals surface area (Å²) in [7, 11) is 0. The van der Waals surface area contributed by atoms with E-state index in [0.717, 1.165) is 32.1 Å². The second-order valence-corrected chi connectivity index (χ2v) is 8.33. The van der Waals surface area contributed by atoms with Crippen LogP contribution in [0.25, 0.3) is 0 Å². The second kappa shape index (κ2) is 3.12. The minimum absolute atomic E-state index is 0.141. The van der Waals surface area contributed by atoms with Gasteiger partial charge in [-0.3, -0.25) is 4.79 Å². The van der Waals surface area contributed by atoms with Crippen molar-refractivity contribution in [1.82, 2.24) is 0 Å². The van der Waals surface area contributed by atoms with E-state index < -0.39 is 11.6 Å². The van der Waals surface area contributed by atoms with Crippen LogP contribution in [-0.4, -0.2) is 21.8 Å². The van der Waals surface area contributed by atoms with Crippen molar-refractivity contribution >= 4 is 5.97 Å². The molecule has 4 rings (SSSR count). The van der Waals surface area contributed by atoms with E-state index in [1.165, 1.54) is 0 Å². The molecule has 0 aliphatic heterocycles. The Bertz CT molecular complexity index is 360. The van der Waals surface area contributed by atoms with E-state index in [0.29, 0.717) is 6.42 Å². The quantitative estimate of drug-likeness (QED) is 0.794. The lowest BCUT2D eigenvalue weighted by atomic mass is 9.37. The first-order chi connectivity index (χ1) is 8.10. The number of hydrogen-bond acceptors (Lipinski definition) is 2. The summed E-state index contributed by atoms with van der Waals surface area (Å²) in [6.45, 7) is 6.33. The Kier molecular flexibility index (Phi) is 2.16. The molecule has 18 heavy (non-hydrogen) atoms. The number of carboxylic acids is 1.